The number of hydrogen-bond donors (Lipinski definition) is 0. The molecule has 0 aliphatic carbocycles. The Balaban J connectivity index is 0. The highest BCUT2D eigenvalue weighted by Gasteiger charge is 2.46. The van der Waals surface area contributed by atoms with E-state index in [-0.39, 0.29) is 5.97 Å². The number of hydrogen-bond acceptors (Lipinski definition) is 6. The average Bonchev–Trinajstić information content (AvgIpc) is 2.70. The number of carbonyl (C=O) groups excluding carboxylic acids is 1. The smallest absolute Gasteiger partial charge is 0.462 e. The highest BCUT2D eigenvalue weighted by molar-refractivity contribution is 8.13. The lowest BCUT2D eigenvalue weighted by molar-refractivity contribution is -0.890. The Morgan fingerprint density at radius 2 is 1.16 bits per heavy atom. The van der Waals surface area contributed by atoms with Crippen LogP contribution in [0.25, 0.3) is 4.13 Å². The van der Waals surface area contributed by atoms with Gasteiger partial charge in [-0.25, -0.2) is 21.6 Å². The van der Waals surface area contributed by atoms with Crippen molar-refractivity contribution >= 4 is 26.0 Å². The van der Waals surface area contributed by atoms with Crippen molar-refractivity contribution in [3.63, 3.8) is 0 Å². The standard InChI is InChI=1S/C19H38NO2.C2F6NO4S2/c1-6-7-12-15-20(4,5)16-13-10-8-9-11-14-17-22-19(21)18(2)3;3-1(4,5)14(10,11)9-15(12,13)2(6,7)8/h2,6-17H2,1,3-5H3;/q+1;-1. The molecule has 222 valence electrons. The van der Waals surface area contributed by atoms with E-state index in [1.54, 1.807) is 6.92 Å². The fraction of sp³-hybridized carbons (Fsp3) is 0.857. The first-order valence-corrected chi connectivity index (χ1v) is 14.5. The molecule has 0 aliphatic heterocycles. The van der Waals surface area contributed by atoms with Gasteiger partial charge in [-0.1, -0.05) is 39.2 Å². The van der Waals surface area contributed by atoms with Crippen LogP contribution in [0.4, 0.5) is 26.3 Å². The maximum absolute atomic E-state index is 11.4. The van der Waals surface area contributed by atoms with Gasteiger partial charge in [0.25, 0.3) is 0 Å². The van der Waals surface area contributed by atoms with Gasteiger partial charge in [0.1, 0.15) is 0 Å². The van der Waals surface area contributed by atoms with E-state index in [9.17, 15) is 48.0 Å². The summed E-state index contributed by atoms with van der Waals surface area (Å²) in [5, 5.41) is 0. The zero-order valence-corrected chi connectivity index (χ0v) is 23.3. The van der Waals surface area contributed by atoms with E-state index in [2.05, 4.69) is 27.6 Å². The molecule has 0 spiro atoms. The van der Waals surface area contributed by atoms with Crippen LogP contribution in [-0.4, -0.2) is 72.1 Å². The molecule has 0 bridgehead atoms. The molecule has 37 heavy (non-hydrogen) atoms. The Morgan fingerprint density at radius 1 is 0.784 bits per heavy atom. The number of ether oxygens (including phenoxy) is 1. The Hall–Kier alpha value is -1.39. The van der Waals surface area contributed by atoms with Crippen molar-refractivity contribution in [1.82, 2.24) is 0 Å². The van der Waals surface area contributed by atoms with Gasteiger partial charge in [-0.2, -0.15) is 26.3 Å². The van der Waals surface area contributed by atoms with Crippen molar-refractivity contribution in [2.24, 2.45) is 0 Å². The van der Waals surface area contributed by atoms with Crippen molar-refractivity contribution in [2.45, 2.75) is 82.7 Å². The van der Waals surface area contributed by atoms with E-state index in [1.807, 2.05) is 0 Å². The highest BCUT2D eigenvalue weighted by atomic mass is 32.3. The molecule has 0 aromatic rings. The summed E-state index contributed by atoms with van der Waals surface area (Å²) in [6.07, 6.45) is 11.3. The minimum atomic E-state index is -6.72. The molecular weight excluding hydrogens is 554 g/mol. The minimum absolute atomic E-state index is 0.261. The van der Waals surface area contributed by atoms with Crippen LogP contribution in [0.3, 0.4) is 0 Å². The van der Waals surface area contributed by atoms with Crippen LogP contribution in [0.2, 0.25) is 0 Å². The molecule has 0 aromatic carbocycles. The van der Waals surface area contributed by atoms with Crippen molar-refractivity contribution < 1.29 is 57.2 Å². The first kappa shape index (κ1) is 37.8. The average molecular weight is 593 g/mol. The molecule has 0 radical (unpaired) electrons. The second-order valence-corrected chi connectivity index (χ2v) is 12.5. The summed E-state index contributed by atoms with van der Waals surface area (Å²) in [7, 11) is -8.74. The molecule has 0 heterocycles. The van der Waals surface area contributed by atoms with Gasteiger partial charge in [0.15, 0.2) is 20.0 Å². The summed E-state index contributed by atoms with van der Waals surface area (Å²) in [5.74, 6) is -0.261. The number of sulfonamides is 2. The van der Waals surface area contributed by atoms with Gasteiger partial charge in [0.2, 0.25) is 0 Å². The lowest BCUT2D eigenvalue weighted by Crippen LogP contribution is -2.41. The predicted octanol–water partition coefficient (Wildman–Crippen LogP) is 5.77. The third kappa shape index (κ3) is 17.7. The Bertz CT molecular complexity index is 859. The summed E-state index contributed by atoms with van der Waals surface area (Å²) in [4.78, 5) is 11.2. The van der Waals surface area contributed by atoms with E-state index in [0.29, 0.717) is 12.2 Å². The molecule has 0 aliphatic rings. The Labute approximate surface area is 216 Å². The highest BCUT2D eigenvalue weighted by Crippen LogP contribution is 2.36. The summed E-state index contributed by atoms with van der Waals surface area (Å²) < 4.78 is 115. The topological polar surface area (TPSA) is 109 Å². The van der Waals surface area contributed by atoms with Gasteiger partial charge in [-0.15, -0.1) is 0 Å². The van der Waals surface area contributed by atoms with Gasteiger partial charge >= 0.3 is 17.0 Å². The number of unbranched alkanes of at least 4 members (excludes halogenated alkanes) is 7. The quantitative estimate of drug-likeness (QED) is 0.0740. The van der Waals surface area contributed by atoms with Gasteiger partial charge in [0, 0.05) is 5.57 Å². The Morgan fingerprint density at radius 3 is 1.54 bits per heavy atom. The van der Waals surface area contributed by atoms with Crippen LogP contribution in [0.1, 0.15) is 71.6 Å². The number of esters is 1. The lowest BCUT2D eigenvalue weighted by atomic mass is 10.1. The molecule has 0 saturated carbocycles. The molecule has 16 heteroatoms. The van der Waals surface area contributed by atoms with Gasteiger partial charge in [0.05, 0.1) is 33.8 Å². The molecule has 0 amide bonds. The van der Waals surface area contributed by atoms with Crippen molar-refractivity contribution in [2.75, 3.05) is 33.8 Å². The zero-order chi connectivity index (χ0) is 29.6. The number of halogens is 6. The predicted molar refractivity (Wildman–Crippen MR) is 128 cm³/mol. The van der Waals surface area contributed by atoms with Crippen LogP contribution < -0.4 is 0 Å². The summed E-state index contributed by atoms with van der Waals surface area (Å²) in [6, 6.07) is 0. The summed E-state index contributed by atoms with van der Waals surface area (Å²) in [5.41, 5.74) is -11.9. The first-order chi connectivity index (χ1) is 16.6. The SMILES string of the molecule is C=C(C)C(=O)OCCCCCCCC[N+](C)(C)CCCCC.O=S(=O)([N-]S(=O)(=O)C(F)(F)F)C(F)(F)F. The zero-order valence-electron chi connectivity index (χ0n) is 21.6. The van der Waals surface area contributed by atoms with Crippen molar-refractivity contribution in [1.29, 1.82) is 0 Å². The maximum Gasteiger partial charge on any atom is 0.480 e. The molecule has 0 aromatic heterocycles. The number of carbonyl (C=O) groups is 1. The van der Waals surface area contributed by atoms with Crippen LogP contribution in [0, 0.1) is 0 Å². The normalized spacial score (nSPS) is 13.0. The third-order valence-corrected chi connectivity index (χ3v) is 7.63. The van der Waals surface area contributed by atoms with Gasteiger partial charge in [-0.05, 0) is 39.0 Å². The molecule has 0 saturated heterocycles. The van der Waals surface area contributed by atoms with Crippen molar-refractivity contribution in [3.05, 3.63) is 16.3 Å². The number of nitrogens with zero attached hydrogens (tertiary/aromatic N) is 2. The number of rotatable bonds is 16. The molecule has 0 fully saturated rings. The first-order valence-electron chi connectivity index (χ1n) is 11.6. The molecule has 0 unspecified atom stereocenters. The van der Waals surface area contributed by atoms with E-state index in [0.717, 1.165) is 21.5 Å². The van der Waals surface area contributed by atoms with E-state index < -0.39 is 31.1 Å². The molecular formula is C21H38F6N2O6S2. The minimum Gasteiger partial charge on any atom is -0.462 e. The summed E-state index contributed by atoms with van der Waals surface area (Å²) in [6.45, 7) is 10.7. The maximum atomic E-state index is 11.4. The molecule has 8 nitrogen and oxygen atoms in total. The molecule has 0 atom stereocenters. The largest absolute Gasteiger partial charge is 0.480 e. The van der Waals surface area contributed by atoms with E-state index in [4.69, 9.17) is 4.74 Å². The Kier molecular flexibility index (Phi) is 16.9. The van der Waals surface area contributed by atoms with Crippen molar-refractivity contribution in [3.8, 4) is 0 Å². The van der Waals surface area contributed by atoms with Gasteiger partial charge < -0.3 is 13.3 Å². The lowest BCUT2D eigenvalue weighted by Gasteiger charge is -2.29. The van der Waals surface area contributed by atoms with E-state index in [1.165, 1.54) is 58.0 Å². The van der Waals surface area contributed by atoms with E-state index >= 15 is 0 Å². The number of quaternary nitrogens is 1. The number of alkyl halides is 6. The molecule has 0 rings (SSSR count). The van der Waals surface area contributed by atoms with Crippen LogP contribution in [0.5, 0.6) is 0 Å². The monoisotopic (exact) mass is 592 g/mol. The third-order valence-electron chi connectivity index (χ3n) is 4.89. The van der Waals surface area contributed by atoms with Gasteiger partial charge in [-0.3, -0.25) is 0 Å². The fourth-order valence-corrected chi connectivity index (χ4v) is 4.46. The van der Waals surface area contributed by atoms with Crippen LogP contribution in [0.15, 0.2) is 12.2 Å². The van der Waals surface area contributed by atoms with Crippen LogP contribution >= 0.6 is 0 Å². The second-order valence-electron chi connectivity index (χ2n) is 9.04. The second kappa shape index (κ2) is 16.5. The molecule has 0 N–H and O–H groups in total. The summed E-state index contributed by atoms with van der Waals surface area (Å²) >= 11 is 0. The fourth-order valence-electron chi connectivity index (χ4n) is 2.75. The van der Waals surface area contributed by atoms with Crippen LogP contribution in [-0.2, 0) is 29.6 Å².